The molecule has 0 radical (unpaired) electrons. The van der Waals surface area contributed by atoms with Crippen LogP contribution in [0.5, 0.6) is 0 Å². The molecular weight excluding hydrogens is 324 g/mol. The van der Waals surface area contributed by atoms with Crippen molar-refractivity contribution in [1.82, 2.24) is 0 Å². The van der Waals surface area contributed by atoms with E-state index in [1.54, 1.807) is 0 Å². The Morgan fingerprint density at radius 2 is 1.95 bits per heavy atom. The van der Waals surface area contributed by atoms with Gasteiger partial charge in [-0.05, 0) is 61.2 Å². The van der Waals surface area contributed by atoms with Gasteiger partial charge in [0, 0.05) is 28.9 Å². The number of anilines is 2. The number of halogens is 1. The Hall–Kier alpha value is -1.32. The maximum atomic E-state index is 6.15. The maximum absolute atomic E-state index is 6.15. The van der Waals surface area contributed by atoms with E-state index in [1.165, 1.54) is 22.5 Å². The maximum Gasteiger partial charge on any atom is 0.0442 e. The van der Waals surface area contributed by atoms with E-state index < -0.39 is 0 Å². The number of nitrogens with two attached hydrogens (primary N) is 1. The van der Waals surface area contributed by atoms with Crippen molar-refractivity contribution in [2.24, 2.45) is 5.73 Å². The molecule has 21 heavy (non-hydrogen) atoms. The van der Waals surface area contributed by atoms with Crippen LogP contribution in [0.4, 0.5) is 11.4 Å². The standard InChI is InChI=1S/C18H23BrN2/c1-4-16(20)12-14-11-15(19)8-9-18(14)21(3)17-7-5-6-13(2)10-17/h5-11,16H,4,12,20H2,1-3H3. The summed E-state index contributed by atoms with van der Waals surface area (Å²) >= 11 is 3.57. The molecule has 0 aliphatic rings. The smallest absolute Gasteiger partial charge is 0.0442 e. The fourth-order valence-corrected chi connectivity index (χ4v) is 2.86. The fourth-order valence-electron chi connectivity index (χ4n) is 2.45. The van der Waals surface area contributed by atoms with Crippen LogP contribution < -0.4 is 10.6 Å². The van der Waals surface area contributed by atoms with Gasteiger partial charge in [-0.15, -0.1) is 0 Å². The first-order valence-electron chi connectivity index (χ1n) is 7.35. The first kappa shape index (κ1) is 16.1. The summed E-state index contributed by atoms with van der Waals surface area (Å²) in [5.74, 6) is 0. The highest BCUT2D eigenvalue weighted by Gasteiger charge is 2.12. The normalized spacial score (nSPS) is 12.2. The summed E-state index contributed by atoms with van der Waals surface area (Å²) in [7, 11) is 2.11. The molecule has 0 aliphatic heterocycles. The van der Waals surface area contributed by atoms with Crippen molar-refractivity contribution in [2.45, 2.75) is 32.7 Å². The summed E-state index contributed by atoms with van der Waals surface area (Å²) in [5.41, 5.74) is 11.1. The summed E-state index contributed by atoms with van der Waals surface area (Å²) in [4.78, 5) is 2.23. The van der Waals surface area contributed by atoms with Crippen molar-refractivity contribution in [2.75, 3.05) is 11.9 Å². The van der Waals surface area contributed by atoms with Gasteiger partial charge in [-0.3, -0.25) is 0 Å². The van der Waals surface area contributed by atoms with Gasteiger partial charge in [-0.1, -0.05) is 35.0 Å². The molecule has 2 nitrogen and oxygen atoms in total. The van der Waals surface area contributed by atoms with Gasteiger partial charge in [0.05, 0.1) is 0 Å². The molecule has 0 saturated carbocycles. The number of aryl methyl sites for hydroxylation is 1. The highest BCUT2D eigenvalue weighted by molar-refractivity contribution is 9.10. The minimum Gasteiger partial charge on any atom is -0.344 e. The van der Waals surface area contributed by atoms with Crippen LogP contribution in [-0.2, 0) is 6.42 Å². The van der Waals surface area contributed by atoms with Crippen molar-refractivity contribution in [3.8, 4) is 0 Å². The molecule has 112 valence electrons. The average molecular weight is 347 g/mol. The van der Waals surface area contributed by atoms with Crippen LogP contribution in [0, 0.1) is 6.92 Å². The largest absolute Gasteiger partial charge is 0.344 e. The van der Waals surface area contributed by atoms with Crippen LogP contribution in [0.3, 0.4) is 0 Å². The molecule has 2 aromatic carbocycles. The fraction of sp³-hybridized carbons (Fsp3) is 0.333. The van der Waals surface area contributed by atoms with E-state index in [4.69, 9.17) is 5.73 Å². The van der Waals surface area contributed by atoms with E-state index in [0.717, 1.165) is 17.3 Å². The number of hydrogen-bond acceptors (Lipinski definition) is 2. The number of benzene rings is 2. The molecule has 1 unspecified atom stereocenters. The lowest BCUT2D eigenvalue weighted by Crippen LogP contribution is -2.23. The van der Waals surface area contributed by atoms with Gasteiger partial charge in [-0.25, -0.2) is 0 Å². The predicted octanol–water partition coefficient (Wildman–Crippen LogP) is 4.81. The second kappa shape index (κ2) is 7.10. The Kier molecular flexibility index (Phi) is 5.43. The van der Waals surface area contributed by atoms with Crippen LogP contribution in [0.15, 0.2) is 46.9 Å². The third-order valence-corrected chi connectivity index (χ3v) is 4.29. The summed E-state index contributed by atoms with van der Waals surface area (Å²) in [5, 5.41) is 0. The van der Waals surface area contributed by atoms with E-state index >= 15 is 0 Å². The molecule has 2 rings (SSSR count). The molecule has 1 atom stereocenters. The minimum absolute atomic E-state index is 0.198. The van der Waals surface area contributed by atoms with Crippen molar-refractivity contribution in [3.05, 3.63) is 58.1 Å². The monoisotopic (exact) mass is 346 g/mol. The van der Waals surface area contributed by atoms with Gasteiger partial charge in [-0.2, -0.15) is 0 Å². The molecule has 0 aliphatic carbocycles. The summed E-state index contributed by atoms with van der Waals surface area (Å²) < 4.78 is 1.10. The van der Waals surface area contributed by atoms with Crippen LogP contribution >= 0.6 is 15.9 Å². The lowest BCUT2D eigenvalue weighted by Gasteiger charge is -2.24. The van der Waals surface area contributed by atoms with Crippen LogP contribution in [0.25, 0.3) is 0 Å². The molecule has 0 spiro atoms. The molecule has 0 amide bonds. The lowest BCUT2D eigenvalue weighted by atomic mass is 10.0. The second-order valence-corrected chi connectivity index (χ2v) is 6.46. The van der Waals surface area contributed by atoms with E-state index in [9.17, 15) is 0 Å². The molecule has 0 fully saturated rings. The van der Waals surface area contributed by atoms with Gasteiger partial charge in [0.15, 0.2) is 0 Å². The molecule has 0 heterocycles. The average Bonchev–Trinajstić information content (AvgIpc) is 2.46. The number of hydrogen-bond donors (Lipinski definition) is 1. The second-order valence-electron chi connectivity index (χ2n) is 5.54. The molecule has 2 aromatic rings. The molecule has 0 saturated heterocycles. The van der Waals surface area contributed by atoms with Gasteiger partial charge in [0.1, 0.15) is 0 Å². The van der Waals surface area contributed by atoms with Gasteiger partial charge in [0.2, 0.25) is 0 Å². The number of nitrogens with zero attached hydrogens (tertiary/aromatic N) is 1. The van der Waals surface area contributed by atoms with E-state index in [0.29, 0.717) is 0 Å². The summed E-state index contributed by atoms with van der Waals surface area (Å²) in [6.45, 7) is 4.25. The zero-order chi connectivity index (χ0) is 15.4. The van der Waals surface area contributed by atoms with Crippen molar-refractivity contribution in [3.63, 3.8) is 0 Å². The number of rotatable bonds is 5. The Morgan fingerprint density at radius 1 is 1.19 bits per heavy atom. The van der Waals surface area contributed by atoms with Crippen molar-refractivity contribution >= 4 is 27.3 Å². The Labute approximate surface area is 136 Å². The Balaban J connectivity index is 2.38. The zero-order valence-corrected chi connectivity index (χ0v) is 14.5. The lowest BCUT2D eigenvalue weighted by molar-refractivity contribution is 0.646. The molecule has 2 N–H and O–H groups in total. The highest BCUT2D eigenvalue weighted by Crippen LogP contribution is 2.30. The van der Waals surface area contributed by atoms with E-state index in [1.807, 2.05) is 0 Å². The first-order valence-corrected chi connectivity index (χ1v) is 8.15. The quantitative estimate of drug-likeness (QED) is 0.841. The van der Waals surface area contributed by atoms with Gasteiger partial charge in [0.25, 0.3) is 0 Å². The molecule has 3 heteroatoms. The molecule has 0 aromatic heterocycles. The zero-order valence-electron chi connectivity index (χ0n) is 12.9. The summed E-state index contributed by atoms with van der Waals surface area (Å²) in [6, 6.07) is 15.2. The highest BCUT2D eigenvalue weighted by atomic mass is 79.9. The van der Waals surface area contributed by atoms with Gasteiger partial charge < -0.3 is 10.6 Å². The predicted molar refractivity (Wildman–Crippen MR) is 95.4 cm³/mol. The minimum atomic E-state index is 0.198. The van der Waals surface area contributed by atoms with Crippen LogP contribution in [0.1, 0.15) is 24.5 Å². The van der Waals surface area contributed by atoms with Crippen molar-refractivity contribution < 1.29 is 0 Å². The molecule has 0 bridgehead atoms. The van der Waals surface area contributed by atoms with Crippen molar-refractivity contribution in [1.29, 1.82) is 0 Å². The molecular formula is C18H23BrN2. The van der Waals surface area contributed by atoms with Crippen LogP contribution in [0.2, 0.25) is 0 Å². The SMILES string of the molecule is CCC(N)Cc1cc(Br)ccc1N(C)c1cccc(C)c1. The summed E-state index contributed by atoms with van der Waals surface area (Å²) in [6.07, 6.45) is 1.88. The van der Waals surface area contributed by atoms with Crippen LogP contribution in [-0.4, -0.2) is 13.1 Å². The third-order valence-electron chi connectivity index (χ3n) is 3.80. The Morgan fingerprint density at radius 3 is 2.62 bits per heavy atom. The van der Waals surface area contributed by atoms with E-state index in [-0.39, 0.29) is 6.04 Å². The topological polar surface area (TPSA) is 29.3 Å². The van der Waals surface area contributed by atoms with Gasteiger partial charge >= 0.3 is 0 Å². The van der Waals surface area contributed by atoms with E-state index in [2.05, 4.69) is 84.2 Å². The third kappa shape index (κ3) is 4.08. The first-order chi connectivity index (χ1) is 10.0. The Bertz CT molecular complexity index is 610.